The van der Waals surface area contributed by atoms with Crippen molar-refractivity contribution in [3.63, 3.8) is 0 Å². The second-order valence-electron chi connectivity index (χ2n) is 7.22. The average molecular weight is 417 g/mol. The van der Waals surface area contributed by atoms with E-state index in [0.29, 0.717) is 13.1 Å². The summed E-state index contributed by atoms with van der Waals surface area (Å²) >= 11 is 0. The SMILES string of the molecule is CC1(C(=Nc2ccc(C#N)c(C(F)(F)F)c2)N2CCCC2)CC(C(F)(F)F)N=N1. The van der Waals surface area contributed by atoms with Crippen molar-refractivity contribution in [2.24, 2.45) is 15.2 Å². The molecular weight excluding hydrogens is 400 g/mol. The van der Waals surface area contributed by atoms with Gasteiger partial charge in [0.1, 0.15) is 11.4 Å². The van der Waals surface area contributed by atoms with Crippen LogP contribution in [-0.2, 0) is 6.18 Å². The number of nitrogens with zero attached hydrogens (tertiary/aromatic N) is 5. The molecule has 0 aromatic heterocycles. The van der Waals surface area contributed by atoms with Crippen molar-refractivity contribution >= 4 is 11.5 Å². The van der Waals surface area contributed by atoms with Crippen molar-refractivity contribution < 1.29 is 26.3 Å². The van der Waals surface area contributed by atoms with E-state index in [1.54, 1.807) is 4.90 Å². The number of aliphatic imine (C=N–C) groups is 1. The van der Waals surface area contributed by atoms with Crippen LogP contribution in [0.3, 0.4) is 0 Å². The first-order chi connectivity index (χ1) is 13.4. The highest BCUT2D eigenvalue weighted by Gasteiger charge is 2.51. The molecule has 156 valence electrons. The zero-order valence-corrected chi connectivity index (χ0v) is 15.3. The maximum absolute atomic E-state index is 13.2. The number of alkyl halides is 6. The summed E-state index contributed by atoms with van der Waals surface area (Å²) in [5, 5.41) is 16.1. The van der Waals surface area contributed by atoms with Gasteiger partial charge < -0.3 is 4.90 Å². The molecule has 1 aromatic carbocycles. The van der Waals surface area contributed by atoms with Crippen molar-refractivity contribution in [2.45, 2.75) is 50.1 Å². The maximum atomic E-state index is 13.2. The largest absolute Gasteiger partial charge is 0.417 e. The molecule has 29 heavy (non-hydrogen) atoms. The third-order valence-electron chi connectivity index (χ3n) is 4.94. The Hall–Kier alpha value is -2.64. The van der Waals surface area contributed by atoms with Crippen LogP contribution in [-0.4, -0.2) is 41.6 Å². The standard InChI is InChI=1S/C18H17F6N5/c1-16(9-14(27-28-16)18(22,23)24)15(29-6-2-3-7-29)26-12-5-4-11(10-25)13(8-12)17(19,20)21/h4-5,8,14H,2-3,6-7,9H2,1H3. The lowest BCUT2D eigenvalue weighted by molar-refractivity contribution is -0.147. The second kappa shape index (κ2) is 7.31. The molecule has 1 fully saturated rings. The Morgan fingerprint density at radius 3 is 2.38 bits per heavy atom. The summed E-state index contributed by atoms with van der Waals surface area (Å²) in [5.74, 6) is 0.156. The van der Waals surface area contributed by atoms with Crippen molar-refractivity contribution in [2.75, 3.05) is 13.1 Å². The third-order valence-corrected chi connectivity index (χ3v) is 4.94. The number of azo groups is 1. The normalized spacial score (nSPS) is 25.5. The number of likely N-dealkylation sites (tertiary alicyclic amines) is 1. The van der Waals surface area contributed by atoms with Gasteiger partial charge in [0, 0.05) is 19.5 Å². The Bertz CT molecular complexity index is 876. The molecule has 2 atom stereocenters. The Morgan fingerprint density at radius 1 is 1.21 bits per heavy atom. The van der Waals surface area contributed by atoms with Crippen molar-refractivity contribution in [3.8, 4) is 6.07 Å². The summed E-state index contributed by atoms with van der Waals surface area (Å²) in [4.78, 5) is 6.01. The van der Waals surface area contributed by atoms with E-state index in [2.05, 4.69) is 15.2 Å². The van der Waals surface area contributed by atoms with Gasteiger partial charge in [-0.05, 0) is 38.0 Å². The first kappa shape index (κ1) is 21.1. The summed E-state index contributed by atoms with van der Waals surface area (Å²) in [6.07, 6.45) is -8.21. The van der Waals surface area contributed by atoms with Gasteiger partial charge in [-0.15, -0.1) is 0 Å². The summed E-state index contributed by atoms with van der Waals surface area (Å²) in [7, 11) is 0. The van der Waals surface area contributed by atoms with Crippen LogP contribution in [0, 0.1) is 11.3 Å². The molecule has 0 aliphatic carbocycles. The van der Waals surface area contributed by atoms with Crippen LogP contribution in [0.4, 0.5) is 32.0 Å². The Labute approximate surface area is 162 Å². The summed E-state index contributed by atoms with van der Waals surface area (Å²) in [5.41, 5.74) is -3.21. The summed E-state index contributed by atoms with van der Waals surface area (Å²) in [6, 6.07) is 2.47. The number of rotatable bonds is 2. The molecule has 2 aliphatic heterocycles. The van der Waals surface area contributed by atoms with Gasteiger partial charge in [-0.3, -0.25) is 0 Å². The van der Waals surface area contributed by atoms with Crippen LogP contribution in [0.1, 0.15) is 37.3 Å². The number of amidine groups is 1. The molecule has 0 bridgehead atoms. The summed E-state index contributed by atoms with van der Waals surface area (Å²) < 4.78 is 79.0. The van der Waals surface area contributed by atoms with Gasteiger partial charge in [-0.2, -0.15) is 41.8 Å². The van der Waals surface area contributed by atoms with Crippen LogP contribution in [0.5, 0.6) is 0 Å². The minimum atomic E-state index is -4.76. The van der Waals surface area contributed by atoms with E-state index in [0.717, 1.165) is 25.0 Å². The van der Waals surface area contributed by atoms with Crippen molar-refractivity contribution in [3.05, 3.63) is 29.3 Å². The molecule has 3 rings (SSSR count). The Kier molecular flexibility index (Phi) is 5.32. The van der Waals surface area contributed by atoms with Gasteiger partial charge in [0.05, 0.1) is 22.9 Å². The fourth-order valence-corrected chi connectivity index (χ4v) is 3.49. The highest BCUT2D eigenvalue weighted by molar-refractivity contribution is 5.94. The number of hydrogen-bond acceptors (Lipinski definition) is 4. The molecule has 0 spiro atoms. The molecular formula is C18H17F6N5. The van der Waals surface area contributed by atoms with Crippen LogP contribution in [0.2, 0.25) is 0 Å². The van der Waals surface area contributed by atoms with Crippen LogP contribution < -0.4 is 0 Å². The molecule has 1 aromatic rings. The molecule has 0 radical (unpaired) electrons. The highest BCUT2D eigenvalue weighted by atomic mass is 19.4. The maximum Gasteiger partial charge on any atom is 0.417 e. The number of halogens is 6. The quantitative estimate of drug-likeness (QED) is 0.375. The van der Waals surface area contributed by atoms with Crippen molar-refractivity contribution in [1.82, 2.24) is 4.90 Å². The molecule has 5 nitrogen and oxygen atoms in total. The van der Waals surface area contributed by atoms with Gasteiger partial charge in [0.25, 0.3) is 0 Å². The van der Waals surface area contributed by atoms with Gasteiger partial charge in [-0.25, -0.2) is 4.99 Å². The molecule has 1 saturated heterocycles. The molecule has 2 unspecified atom stereocenters. The predicted octanol–water partition coefficient (Wildman–Crippen LogP) is 5.25. The average Bonchev–Trinajstić information content (AvgIpc) is 3.28. The molecule has 11 heteroatoms. The number of hydrogen-bond donors (Lipinski definition) is 0. The topological polar surface area (TPSA) is 64.1 Å². The zero-order chi connectivity index (χ0) is 21.4. The van der Waals surface area contributed by atoms with Gasteiger partial charge >= 0.3 is 12.4 Å². The molecule has 2 heterocycles. The monoisotopic (exact) mass is 417 g/mol. The van der Waals surface area contributed by atoms with E-state index in [4.69, 9.17) is 5.26 Å². The lowest BCUT2D eigenvalue weighted by Gasteiger charge is -2.30. The Balaban J connectivity index is 2.04. The smallest absolute Gasteiger partial charge is 0.358 e. The molecule has 2 aliphatic rings. The zero-order valence-electron chi connectivity index (χ0n) is 15.3. The molecule has 0 N–H and O–H groups in total. The van der Waals surface area contributed by atoms with E-state index < -0.39 is 41.5 Å². The van der Waals surface area contributed by atoms with Crippen LogP contribution in [0.25, 0.3) is 0 Å². The second-order valence-corrected chi connectivity index (χ2v) is 7.22. The molecule has 0 saturated carbocycles. The summed E-state index contributed by atoms with van der Waals surface area (Å²) in [6.45, 7) is 2.49. The van der Waals surface area contributed by atoms with E-state index in [-0.39, 0.29) is 11.5 Å². The predicted molar refractivity (Wildman–Crippen MR) is 91.8 cm³/mol. The molecule has 0 amide bonds. The first-order valence-electron chi connectivity index (χ1n) is 8.88. The highest BCUT2D eigenvalue weighted by Crippen LogP contribution is 2.40. The van der Waals surface area contributed by atoms with Gasteiger partial charge in [0.15, 0.2) is 6.04 Å². The van der Waals surface area contributed by atoms with E-state index in [1.807, 2.05) is 0 Å². The van der Waals surface area contributed by atoms with Gasteiger partial charge in [0.2, 0.25) is 0 Å². The first-order valence-corrected chi connectivity index (χ1v) is 8.88. The fraction of sp³-hybridized carbons (Fsp3) is 0.556. The van der Waals surface area contributed by atoms with E-state index in [1.165, 1.54) is 19.1 Å². The lowest BCUT2D eigenvalue weighted by atomic mass is 9.93. The van der Waals surface area contributed by atoms with E-state index >= 15 is 0 Å². The van der Waals surface area contributed by atoms with Gasteiger partial charge in [-0.1, -0.05) is 0 Å². The van der Waals surface area contributed by atoms with Crippen LogP contribution in [0.15, 0.2) is 33.4 Å². The van der Waals surface area contributed by atoms with Crippen molar-refractivity contribution in [1.29, 1.82) is 5.26 Å². The van der Waals surface area contributed by atoms with Crippen LogP contribution >= 0.6 is 0 Å². The Morgan fingerprint density at radius 2 is 1.86 bits per heavy atom. The minimum Gasteiger partial charge on any atom is -0.358 e. The van der Waals surface area contributed by atoms with E-state index in [9.17, 15) is 26.3 Å². The number of nitriles is 1. The lowest BCUT2D eigenvalue weighted by Crippen LogP contribution is -2.45. The minimum absolute atomic E-state index is 0.106. The number of benzene rings is 1. The third kappa shape index (κ3) is 4.36. The fourth-order valence-electron chi connectivity index (χ4n) is 3.49.